The zero-order valence-corrected chi connectivity index (χ0v) is 18.6. The van der Waals surface area contributed by atoms with E-state index in [0.29, 0.717) is 11.5 Å². The van der Waals surface area contributed by atoms with E-state index in [1.165, 1.54) is 51.7 Å². The quantitative estimate of drug-likeness (QED) is 0.592. The average Bonchev–Trinajstić information content (AvgIpc) is 3.20. The van der Waals surface area contributed by atoms with E-state index in [1.54, 1.807) is 11.3 Å². The van der Waals surface area contributed by atoms with Crippen molar-refractivity contribution < 1.29 is 4.79 Å². The number of benzene rings is 1. The minimum Gasteiger partial charge on any atom is -0.305 e. The highest BCUT2D eigenvalue weighted by atomic mass is 35.5. The molecule has 1 amide bonds. The van der Waals surface area contributed by atoms with E-state index in [-0.39, 0.29) is 18.3 Å². The predicted molar refractivity (Wildman–Crippen MR) is 123 cm³/mol. The second-order valence-corrected chi connectivity index (χ2v) is 9.96. The number of piperidine rings is 1. The molecule has 3 fully saturated rings. The third-order valence-electron chi connectivity index (χ3n) is 7.38. The van der Waals surface area contributed by atoms with Crippen molar-refractivity contribution in [3.63, 3.8) is 0 Å². The molecule has 0 N–H and O–H groups in total. The summed E-state index contributed by atoms with van der Waals surface area (Å²) in [6, 6.07) is 12.6. The van der Waals surface area contributed by atoms with Crippen LogP contribution >= 0.6 is 23.7 Å². The van der Waals surface area contributed by atoms with E-state index >= 15 is 0 Å². The normalized spacial score (nSPS) is 21.8. The molecule has 1 aromatic heterocycles. The van der Waals surface area contributed by atoms with Gasteiger partial charge in [0.2, 0.25) is 0 Å². The molecule has 156 valence electrons. The van der Waals surface area contributed by atoms with Crippen molar-refractivity contribution in [3.8, 4) is 0 Å². The van der Waals surface area contributed by atoms with Crippen LogP contribution in [0, 0.1) is 11.3 Å². The van der Waals surface area contributed by atoms with Gasteiger partial charge < -0.3 is 9.80 Å². The SMILES string of the molecule is Cl.O=C(c1ccsc1)N(c1ccccc1)C1CC2(CCN(CC3CCC3)CC2)C1. The van der Waals surface area contributed by atoms with Crippen LogP contribution in [-0.2, 0) is 0 Å². The van der Waals surface area contributed by atoms with Crippen molar-refractivity contribution in [3.05, 3.63) is 52.7 Å². The van der Waals surface area contributed by atoms with Crippen LogP contribution in [0.25, 0.3) is 0 Å². The lowest BCUT2D eigenvalue weighted by Gasteiger charge is -2.55. The first-order chi connectivity index (χ1) is 13.7. The Balaban J connectivity index is 0.00000205. The van der Waals surface area contributed by atoms with Gasteiger partial charge in [-0.1, -0.05) is 24.6 Å². The van der Waals surface area contributed by atoms with Crippen molar-refractivity contribution in [1.82, 2.24) is 4.90 Å². The summed E-state index contributed by atoms with van der Waals surface area (Å²) in [7, 11) is 0. The van der Waals surface area contributed by atoms with Crippen LogP contribution in [0.5, 0.6) is 0 Å². The Morgan fingerprint density at radius 3 is 2.41 bits per heavy atom. The Labute approximate surface area is 184 Å². The fraction of sp³-hybridized carbons (Fsp3) is 0.542. The number of hydrogen-bond donors (Lipinski definition) is 0. The van der Waals surface area contributed by atoms with E-state index in [9.17, 15) is 4.79 Å². The van der Waals surface area contributed by atoms with Gasteiger partial charge in [-0.05, 0) is 86.5 Å². The molecule has 3 aliphatic rings. The van der Waals surface area contributed by atoms with Gasteiger partial charge in [0.25, 0.3) is 5.91 Å². The molecule has 5 heteroatoms. The van der Waals surface area contributed by atoms with E-state index in [0.717, 1.165) is 30.0 Å². The lowest BCUT2D eigenvalue weighted by atomic mass is 9.59. The third kappa shape index (κ3) is 4.26. The van der Waals surface area contributed by atoms with Crippen molar-refractivity contribution >= 4 is 35.3 Å². The topological polar surface area (TPSA) is 23.6 Å². The first kappa shape index (κ1) is 20.9. The van der Waals surface area contributed by atoms with Gasteiger partial charge >= 0.3 is 0 Å². The summed E-state index contributed by atoms with van der Waals surface area (Å²) in [4.78, 5) is 18.0. The first-order valence-electron chi connectivity index (χ1n) is 10.9. The maximum Gasteiger partial charge on any atom is 0.259 e. The van der Waals surface area contributed by atoms with E-state index < -0.39 is 0 Å². The molecule has 0 bridgehead atoms. The maximum absolute atomic E-state index is 13.2. The standard InChI is InChI=1S/C24H30N2OS.ClH/c27-23(20-9-14-28-18-20)26(21-7-2-1-3-8-21)22-15-24(16-22)10-12-25(13-11-24)17-19-5-4-6-19;/h1-3,7-9,14,18-19,22H,4-6,10-13,15-17H2;1H. The monoisotopic (exact) mass is 430 g/mol. The van der Waals surface area contributed by atoms with Crippen LogP contribution in [0.4, 0.5) is 5.69 Å². The van der Waals surface area contributed by atoms with Gasteiger partial charge in [0.15, 0.2) is 0 Å². The average molecular weight is 431 g/mol. The number of likely N-dealkylation sites (tertiary alicyclic amines) is 1. The summed E-state index contributed by atoms with van der Waals surface area (Å²) in [6.07, 6.45) is 9.28. The summed E-state index contributed by atoms with van der Waals surface area (Å²) in [5, 5.41) is 3.97. The summed E-state index contributed by atoms with van der Waals surface area (Å²) < 4.78 is 0. The molecule has 0 radical (unpaired) electrons. The van der Waals surface area contributed by atoms with Crippen LogP contribution < -0.4 is 4.90 Å². The number of carbonyl (C=O) groups excluding carboxylic acids is 1. The first-order valence-corrected chi connectivity index (χ1v) is 11.8. The molecule has 29 heavy (non-hydrogen) atoms. The zero-order chi connectivity index (χ0) is 19.0. The van der Waals surface area contributed by atoms with Gasteiger partial charge in [0.1, 0.15) is 0 Å². The summed E-state index contributed by atoms with van der Waals surface area (Å²) in [5.41, 5.74) is 2.34. The van der Waals surface area contributed by atoms with Gasteiger partial charge in [0.05, 0.1) is 5.56 Å². The van der Waals surface area contributed by atoms with Crippen molar-refractivity contribution in [2.45, 2.75) is 51.0 Å². The van der Waals surface area contributed by atoms with Crippen molar-refractivity contribution in [2.24, 2.45) is 11.3 Å². The molecule has 3 nitrogen and oxygen atoms in total. The van der Waals surface area contributed by atoms with Crippen LogP contribution in [0.3, 0.4) is 0 Å². The number of para-hydroxylation sites is 1. The number of anilines is 1. The Bertz CT molecular complexity index is 790. The van der Waals surface area contributed by atoms with E-state index in [1.807, 2.05) is 35.0 Å². The van der Waals surface area contributed by atoms with E-state index in [2.05, 4.69) is 21.9 Å². The number of hydrogen-bond acceptors (Lipinski definition) is 3. The fourth-order valence-corrected chi connectivity index (χ4v) is 6.02. The molecule has 5 rings (SSSR count). The second kappa shape index (κ2) is 8.79. The molecule has 2 aromatic rings. The number of nitrogens with zero attached hydrogens (tertiary/aromatic N) is 2. The Morgan fingerprint density at radius 1 is 1.10 bits per heavy atom. The number of halogens is 1. The smallest absolute Gasteiger partial charge is 0.259 e. The molecule has 1 saturated heterocycles. The van der Waals surface area contributed by atoms with Gasteiger partial charge in [-0.2, -0.15) is 11.3 Å². The number of carbonyl (C=O) groups is 1. The zero-order valence-electron chi connectivity index (χ0n) is 17.0. The minimum atomic E-state index is 0. The predicted octanol–water partition coefficient (Wildman–Crippen LogP) is 5.86. The molecule has 2 heterocycles. The summed E-state index contributed by atoms with van der Waals surface area (Å²) in [5.74, 6) is 1.13. The van der Waals surface area contributed by atoms with Gasteiger partial charge in [-0.3, -0.25) is 4.79 Å². The van der Waals surface area contributed by atoms with Crippen LogP contribution in [0.15, 0.2) is 47.2 Å². The molecule has 0 atom stereocenters. The number of rotatable bonds is 5. The highest BCUT2D eigenvalue weighted by Gasteiger charge is 2.49. The molecule has 1 aromatic carbocycles. The fourth-order valence-electron chi connectivity index (χ4n) is 5.39. The van der Waals surface area contributed by atoms with Crippen molar-refractivity contribution in [2.75, 3.05) is 24.5 Å². The van der Waals surface area contributed by atoms with Gasteiger partial charge in [-0.15, -0.1) is 12.4 Å². The number of amides is 1. The summed E-state index contributed by atoms with van der Waals surface area (Å²) in [6.45, 7) is 3.84. The Morgan fingerprint density at radius 2 is 1.83 bits per heavy atom. The third-order valence-corrected chi connectivity index (χ3v) is 8.06. The lowest BCUT2D eigenvalue weighted by molar-refractivity contribution is 0.00677. The lowest BCUT2D eigenvalue weighted by Crippen LogP contribution is -2.57. The van der Waals surface area contributed by atoms with Crippen LogP contribution in [0.2, 0.25) is 0 Å². The molecular formula is C24H31ClN2OS. The van der Waals surface area contributed by atoms with Crippen LogP contribution in [-0.4, -0.2) is 36.5 Å². The summed E-state index contributed by atoms with van der Waals surface area (Å²) >= 11 is 1.60. The second-order valence-electron chi connectivity index (χ2n) is 9.18. The van der Waals surface area contributed by atoms with Crippen molar-refractivity contribution in [1.29, 1.82) is 0 Å². The molecule has 2 aliphatic carbocycles. The number of thiophene rings is 1. The highest BCUT2D eigenvalue weighted by Crippen LogP contribution is 2.52. The van der Waals surface area contributed by atoms with E-state index in [4.69, 9.17) is 0 Å². The molecule has 1 spiro atoms. The Kier molecular flexibility index (Phi) is 6.33. The minimum absolute atomic E-state index is 0. The molecule has 1 aliphatic heterocycles. The maximum atomic E-state index is 13.2. The van der Waals surface area contributed by atoms with Gasteiger partial charge in [-0.25, -0.2) is 0 Å². The van der Waals surface area contributed by atoms with Gasteiger partial charge in [0, 0.05) is 23.7 Å². The Hall–Kier alpha value is -1.36. The largest absolute Gasteiger partial charge is 0.305 e. The van der Waals surface area contributed by atoms with Crippen LogP contribution in [0.1, 0.15) is 55.3 Å². The molecule has 2 saturated carbocycles. The molecular weight excluding hydrogens is 400 g/mol. The molecule has 0 unspecified atom stereocenters. The highest BCUT2D eigenvalue weighted by molar-refractivity contribution is 7.08.